The maximum absolute atomic E-state index is 11.6. The first kappa shape index (κ1) is 10.2. The Morgan fingerprint density at radius 3 is 2.60 bits per heavy atom. The predicted molar refractivity (Wildman–Crippen MR) is 60.4 cm³/mol. The number of likely N-dealkylation sites (tertiary alicyclic amines) is 1. The van der Waals surface area contributed by atoms with Crippen molar-refractivity contribution < 1.29 is 4.79 Å². The Morgan fingerprint density at radius 2 is 1.93 bits per heavy atom. The van der Waals surface area contributed by atoms with E-state index in [4.69, 9.17) is 0 Å². The van der Waals surface area contributed by atoms with Gasteiger partial charge in [-0.15, -0.1) is 0 Å². The molecule has 1 aliphatic rings. The zero-order valence-corrected chi connectivity index (χ0v) is 9.20. The molecular weight excluding hydrogens is 186 g/mol. The lowest BCUT2D eigenvalue weighted by Gasteiger charge is -2.26. The molecule has 0 aromatic heterocycles. The monoisotopic (exact) mass is 203 g/mol. The van der Waals surface area contributed by atoms with Gasteiger partial charge in [0.25, 0.3) is 0 Å². The molecule has 0 spiro atoms. The summed E-state index contributed by atoms with van der Waals surface area (Å²) in [6, 6.07) is 8.42. The van der Waals surface area contributed by atoms with Crippen LogP contribution in [0.2, 0.25) is 0 Å². The Kier molecular flexibility index (Phi) is 3.05. The summed E-state index contributed by atoms with van der Waals surface area (Å²) >= 11 is 0. The van der Waals surface area contributed by atoms with E-state index in [9.17, 15) is 4.79 Å². The molecule has 1 aliphatic heterocycles. The zero-order valence-electron chi connectivity index (χ0n) is 9.20. The molecule has 2 rings (SSSR count). The number of hydrogen-bond donors (Lipinski definition) is 0. The number of carbonyl (C=O) groups is 1. The van der Waals surface area contributed by atoms with E-state index in [0.717, 1.165) is 32.4 Å². The number of amides is 1. The number of nitrogens with zero attached hydrogens (tertiary/aromatic N) is 1. The molecule has 2 nitrogen and oxygen atoms in total. The van der Waals surface area contributed by atoms with Crippen molar-refractivity contribution in [2.45, 2.75) is 32.7 Å². The minimum atomic E-state index is 0.307. The number of aryl methyl sites for hydroxylation is 1. The Bertz CT molecular complexity index is 342. The van der Waals surface area contributed by atoms with E-state index in [1.165, 1.54) is 11.1 Å². The van der Waals surface area contributed by atoms with Crippen molar-refractivity contribution in [2.24, 2.45) is 0 Å². The van der Waals surface area contributed by atoms with Crippen LogP contribution in [0.25, 0.3) is 0 Å². The lowest BCUT2D eigenvalue weighted by Crippen LogP contribution is -2.34. The fraction of sp³-hybridized carbons (Fsp3) is 0.462. The molecule has 1 aromatic carbocycles. The van der Waals surface area contributed by atoms with Gasteiger partial charge in [-0.2, -0.15) is 0 Å². The molecule has 80 valence electrons. The van der Waals surface area contributed by atoms with Gasteiger partial charge in [-0.05, 0) is 25.3 Å². The van der Waals surface area contributed by atoms with Gasteiger partial charge in [-0.3, -0.25) is 4.79 Å². The van der Waals surface area contributed by atoms with Crippen LogP contribution in [-0.4, -0.2) is 17.4 Å². The average Bonchev–Trinajstić information content (AvgIpc) is 2.25. The third-order valence-corrected chi connectivity index (χ3v) is 2.92. The zero-order chi connectivity index (χ0) is 10.7. The third kappa shape index (κ3) is 2.58. The first-order valence-corrected chi connectivity index (χ1v) is 5.59. The highest BCUT2D eigenvalue weighted by Crippen LogP contribution is 2.14. The van der Waals surface area contributed by atoms with Crippen LogP contribution in [0.4, 0.5) is 0 Å². The average molecular weight is 203 g/mol. The van der Waals surface area contributed by atoms with Crippen LogP contribution in [0.3, 0.4) is 0 Å². The molecule has 0 radical (unpaired) electrons. The molecule has 1 heterocycles. The van der Waals surface area contributed by atoms with Crippen molar-refractivity contribution in [3.63, 3.8) is 0 Å². The normalized spacial score (nSPS) is 16.9. The van der Waals surface area contributed by atoms with E-state index in [-0.39, 0.29) is 0 Å². The lowest BCUT2D eigenvalue weighted by atomic mass is 10.1. The molecule has 0 bridgehead atoms. The summed E-state index contributed by atoms with van der Waals surface area (Å²) in [6.07, 6.45) is 2.94. The summed E-state index contributed by atoms with van der Waals surface area (Å²) in [5.74, 6) is 0.307. The van der Waals surface area contributed by atoms with Crippen molar-refractivity contribution >= 4 is 5.91 Å². The van der Waals surface area contributed by atoms with Crippen molar-refractivity contribution in [2.75, 3.05) is 6.54 Å². The summed E-state index contributed by atoms with van der Waals surface area (Å²) in [7, 11) is 0. The Morgan fingerprint density at radius 1 is 1.20 bits per heavy atom. The lowest BCUT2D eigenvalue weighted by molar-refractivity contribution is -0.133. The Labute approximate surface area is 90.9 Å². The molecule has 0 atom stereocenters. The highest BCUT2D eigenvalue weighted by atomic mass is 16.2. The fourth-order valence-electron chi connectivity index (χ4n) is 1.94. The van der Waals surface area contributed by atoms with Crippen LogP contribution in [0.5, 0.6) is 0 Å². The summed E-state index contributed by atoms with van der Waals surface area (Å²) in [6.45, 7) is 3.78. The van der Waals surface area contributed by atoms with Gasteiger partial charge in [-0.1, -0.05) is 29.8 Å². The summed E-state index contributed by atoms with van der Waals surface area (Å²) in [4.78, 5) is 13.6. The highest BCUT2D eigenvalue weighted by molar-refractivity contribution is 5.76. The molecule has 2 heteroatoms. The van der Waals surface area contributed by atoms with Gasteiger partial charge < -0.3 is 4.90 Å². The standard InChI is InChI=1S/C13H17NO/c1-11-5-7-12(8-6-11)10-14-9-3-2-4-13(14)15/h5-8H,2-4,9-10H2,1H3. The van der Waals surface area contributed by atoms with Crippen molar-refractivity contribution in [1.82, 2.24) is 4.90 Å². The van der Waals surface area contributed by atoms with Gasteiger partial charge >= 0.3 is 0 Å². The smallest absolute Gasteiger partial charge is 0.222 e. The summed E-state index contributed by atoms with van der Waals surface area (Å²) in [5.41, 5.74) is 2.50. The number of carbonyl (C=O) groups excluding carboxylic acids is 1. The fourth-order valence-corrected chi connectivity index (χ4v) is 1.94. The molecular formula is C13H17NO. The van der Waals surface area contributed by atoms with Crippen LogP contribution in [0.1, 0.15) is 30.4 Å². The first-order valence-electron chi connectivity index (χ1n) is 5.59. The van der Waals surface area contributed by atoms with Gasteiger partial charge in [0, 0.05) is 19.5 Å². The van der Waals surface area contributed by atoms with E-state index < -0.39 is 0 Å². The molecule has 0 saturated carbocycles. The van der Waals surface area contributed by atoms with Gasteiger partial charge in [0.05, 0.1) is 0 Å². The molecule has 0 aliphatic carbocycles. The quantitative estimate of drug-likeness (QED) is 0.723. The van der Waals surface area contributed by atoms with E-state index in [0.29, 0.717) is 5.91 Å². The van der Waals surface area contributed by atoms with Gasteiger partial charge in [0.2, 0.25) is 5.91 Å². The van der Waals surface area contributed by atoms with Gasteiger partial charge in [0.15, 0.2) is 0 Å². The molecule has 1 aromatic rings. The maximum Gasteiger partial charge on any atom is 0.222 e. The Balaban J connectivity index is 2.01. The van der Waals surface area contributed by atoms with E-state index in [1.807, 2.05) is 4.90 Å². The van der Waals surface area contributed by atoms with Crippen molar-refractivity contribution in [3.8, 4) is 0 Å². The van der Waals surface area contributed by atoms with Crippen LogP contribution >= 0.6 is 0 Å². The molecule has 0 N–H and O–H groups in total. The molecule has 1 amide bonds. The second kappa shape index (κ2) is 4.47. The summed E-state index contributed by atoms with van der Waals surface area (Å²) < 4.78 is 0. The van der Waals surface area contributed by atoms with Crippen molar-refractivity contribution in [1.29, 1.82) is 0 Å². The maximum atomic E-state index is 11.6. The minimum absolute atomic E-state index is 0.307. The second-order valence-electron chi connectivity index (χ2n) is 4.26. The molecule has 0 unspecified atom stereocenters. The summed E-state index contributed by atoms with van der Waals surface area (Å²) in [5, 5.41) is 0. The first-order chi connectivity index (χ1) is 7.25. The topological polar surface area (TPSA) is 20.3 Å². The van der Waals surface area contributed by atoms with E-state index in [1.54, 1.807) is 0 Å². The number of piperidine rings is 1. The number of rotatable bonds is 2. The van der Waals surface area contributed by atoms with E-state index in [2.05, 4.69) is 31.2 Å². The molecule has 1 fully saturated rings. The third-order valence-electron chi connectivity index (χ3n) is 2.92. The number of benzene rings is 1. The van der Waals surface area contributed by atoms with Gasteiger partial charge in [0.1, 0.15) is 0 Å². The highest BCUT2D eigenvalue weighted by Gasteiger charge is 2.17. The minimum Gasteiger partial charge on any atom is -0.338 e. The van der Waals surface area contributed by atoms with Crippen LogP contribution < -0.4 is 0 Å². The molecule has 1 saturated heterocycles. The Hall–Kier alpha value is -1.31. The van der Waals surface area contributed by atoms with E-state index >= 15 is 0 Å². The van der Waals surface area contributed by atoms with Crippen LogP contribution in [0.15, 0.2) is 24.3 Å². The van der Waals surface area contributed by atoms with Crippen LogP contribution in [0, 0.1) is 6.92 Å². The SMILES string of the molecule is Cc1ccc(CN2CCCCC2=O)cc1. The van der Waals surface area contributed by atoms with Gasteiger partial charge in [-0.25, -0.2) is 0 Å². The number of hydrogen-bond acceptors (Lipinski definition) is 1. The second-order valence-corrected chi connectivity index (χ2v) is 4.26. The predicted octanol–water partition coefficient (Wildman–Crippen LogP) is 2.51. The van der Waals surface area contributed by atoms with Crippen molar-refractivity contribution in [3.05, 3.63) is 35.4 Å². The molecule has 15 heavy (non-hydrogen) atoms. The largest absolute Gasteiger partial charge is 0.338 e. The van der Waals surface area contributed by atoms with Crippen LogP contribution in [-0.2, 0) is 11.3 Å².